The molecule has 130 valence electrons. The Balaban J connectivity index is 2.16. The Kier molecular flexibility index (Phi) is 6.96. The summed E-state index contributed by atoms with van der Waals surface area (Å²) in [7, 11) is 0. The summed E-state index contributed by atoms with van der Waals surface area (Å²) in [6.07, 6.45) is 6.06. The van der Waals surface area contributed by atoms with E-state index in [0.717, 1.165) is 11.1 Å². The van der Waals surface area contributed by atoms with Gasteiger partial charge < -0.3 is 4.74 Å². The Hall–Kier alpha value is -2.39. The van der Waals surface area contributed by atoms with Crippen molar-refractivity contribution in [1.82, 2.24) is 0 Å². The van der Waals surface area contributed by atoms with Gasteiger partial charge in [0, 0.05) is 17.7 Å². The molecule has 0 bridgehead atoms. The maximum atomic E-state index is 12.4. The molecule has 0 saturated heterocycles. The van der Waals surface area contributed by atoms with Gasteiger partial charge in [-0.15, -0.1) is 0 Å². The highest BCUT2D eigenvalue weighted by Crippen LogP contribution is 2.20. The van der Waals surface area contributed by atoms with Gasteiger partial charge in [0.2, 0.25) is 0 Å². The predicted octanol–water partition coefficient (Wildman–Crippen LogP) is 5.18. The topological polar surface area (TPSA) is 38.7 Å². The summed E-state index contributed by atoms with van der Waals surface area (Å²) in [6, 6.07) is 17.2. The Morgan fingerprint density at radius 3 is 2.44 bits per heavy atom. The Bertz CT molecular complexity index is 738. The van der Waals surface area contributed by atoms with E-state index in [1.165, 1.54) is 0 Å². The molecule has 0 N–H and O–H groups in total. The molecular weight excluding hydrogens is 334 g/mol. The number of rotatable bonds is 7. The molecule has 0 aliphatic rings. The number of benzene rings is 2. The smallest absolute Gasteiger partial charge is 0.334 e. The van der Waals surface area contributed by atoms with Gasteiger partial charge in [-0.05, 0) is 37.1 Å². The highest BCUT2D eigenvalue weighted by molar-refractivity contribution is 6.30. The van der Waals surface area contributed by atoms with Crippen molar-refractivity contribution in [3.05, 3.63) is 76.8 Å². The van der Waals surface area contributed by atoms with Crippen molar-refractivity contribution in [3.8, 4) is 0 Å². The van der Waals surface area contributed by atoms with Gasteiger partial charge in [0.05, 0.1) is 6.61 Å². The lowest BCUT2D eigenvalue weighted by Crippen LogP contribution is -2.35. The molecule has 2 rings (SSSR count). The first-order valence-corrected chi connectivity index (χ1v) is 8.61. The minimum Gasteiger partial charge on any atom is -0.464 e. The molecule has 0 heterocycles. The van der Waals surface area contributed by atoms with Gasteiger partial charge in [-0.3, -0.25) is 4.99 Å². The third-order valence-corrected chi connectivity index (χ3v) is 3.96. The van der Waals surface area contributed by atoms with Crippen LogP contribution in [0.4, 0.5) is 0 Å². The van der Waals surface area contributed by atoms with E-state index in [1.54, 1.807) is 32.2 Å². The fourth-order valence-corrected chi connectivity index (χ4v) is 2.36. The van der Waals surface area contributed by atoms with Crippen molar-refractivity contribution in [3.63, 3.8) is 0 Å². The number of nitrogens with zero attached hydrogens (tertiary/aromatic N) is 1. The predicted molar refractivity (Wildman–Crippen MR) is 104 cm³/mol. The van der Waals surface area contributed by atoms with Gasteiger partial charge >= 0.3 is 5.97 Å². The molecule has 2 aromatic carbocycles. The summed E-state index contributed by atoms with van der Waals surface area (Å²) in [5, 5.41) is 0.663. The lowest BCUT2D eigenvalue weighted by Gasteiger charge is -2.21. The van der Waals surface area contributed by atoms with Crippen LogP contribution in [0.3, 0.4) is 0 Å². The number of aliphatic imine (C=N–C) groups is 1. The van der Waals surface area contributed by atoms with Crippen LogP contribution in [0.5, 0.6) is 0 Å². The van der Waals surface area contributed by atoms with E-state index < -0.39 is 5.54 Å². The summed E-state index contributed by atoms with van der Waals surface area (Å²) in [5.41, 5.74) is 0.989. The van der Waals surface area contributed by atoms with Crippen LogP contribution in [0, 0.1) is 0 Å². The second kappa shape index (κ2) is 9.19. The first kappa shape index (κ1) is 18.9. The monoisotopic (exact) mass is 355 g/mol. The van der Waals surface area contributed by atoms with Crippen molar-refractivity contribution in [2.45, 2.75) is 25.8 Å². The molecule has 0 saturated carbocycles. The molecule has 25 heavy (non-hydrogen) atoms. The Labute approximate surface area is 154 Å². The van der Waals surface area contributed by atoms with Crippen LogP contribution in [0.2, 0.25) is 5.02 Å². The molecule has 1 atom stereocenters. The van der Waals surface area contributed by atoms with Crippen molar-refractivity contribution in [2.24, 2.45) is 4.99 Å². The van der Waals surface area contributed by atoms with Crippen molar-refractivity contribution in [1.29, 1.82) is 0 Å². The zero-order valence-corrected chi connectivity index (χ0v) is 15.2. The van der Waals surface area contributed by atoms with E-state index in [9.17, 15) is 4.79 Å². The van der Waals surface area contributed by atoms with Gasteiger partial charge in [-0.2, -0.15) is 0 Å². The molecule has 2 aromatic rings. The lowest BCUT2D eigenvalue weighted by atomic mass is 9.97. The zero-order valence-electron chi connectivity index (χ0n) is 14.5. The van der Waals surface area contributed by atoms with Crippen LogP contribution in [0.1, 0.15) is 31.4 Å². The van der Waals surface area contributed by atoms with Gasteiger partial charge in [-0.25, -0.2) is 4.79 Å². The average Bonchev–Trinajstić information content (AvgIpc) is 2.62. The highest BCUT2D eigenvalue weighted by atomic mass is 35.5. The molecule has 0 aromatic heterocycles. The lowest BCUT2D eigenvalue weighted by molar-refractivity contribution is -0.148. The van der Waals surface area contributed by atoms with E-state index in [2.05, 4.69) is 4.99 Å². The SMILES string of the molecule is CCOC(=O)[C@@](C)(C/C=C/c1ccccc1)N=Cc1ccc(Cl)cc1. The van der Waals surface area contributed by atoms with Crippen LogP contribution < -0.4 is 0 Å². The summed E-state index contributed by atoms with van der Waals surface area (Å²) in [6.45, 7) is 3.90. The fourth-order valence-electron chi connectivity index (χ4n) is 2.23. The molecule has 0 spiro atoms. The summed E-state index contributed by atoms with van der Waals surface area (Å²) in [4.78, 5) is 16.9. The molecule has 0 radical (unpaired) electrons. The normalized spacial score (nSPS) is 13.9. The minimum atomic E-state index is -0.971. The van der Waals surface area contributed by atoms with Gasteiger partial charge in [0.25, 0.3) is 0 Å². The fraction of sp³-hybridized carbons (Fsp3) is 0.238. The van der Waals surface area contributed by atoms with E-state index in [0.29, 0.717) is 18.1 Å². The molecule has 3 nitrogen and oxygen atoms in total. The second-order valence-electron chi connectivity index (χ2n) is 5.82. The van der Waals surface area contributed by atoms with Crippen LogP contribution in [0.15, 0.2) is 65.7 Å². The number of ether oxygens (including phenoxy) is 1. The van der Waals surface area contributed by atoms with E-state index in [4.69, 9.17) is 16.3 Å². The van der Waals surface area contributed by atoms with Gasteiger partial charge in [0.1, 0.15) is 0 Å². The minimum absolute atomic E-state index is 0.327. The number of carbonyl (C=O) groups excluding carboxylic acids is 1. The quantitative estimate of drug-likeness (QED) is 0.506. The highest BCUT2D eigenvalue weighted by Gasteiger charge is 2.32. The number of esters is 1. The van der Waals surface area contributed by atoms with Crippen molar-refractivity contribution in [2.75, 3.05) is 6.61 Å². The van der Waals surface area contributed by atoms with Crippen LogP contribution in [-0.4, -0.2) is 24.3 Å². The van der Waals surface area contributed by atoms with E-state index in [1.807, 2.05) is 54.6 Å². The zero-order chi connectivity index (χ0) is 18.1. The van der Waals surface area contributed by atoms with Crippen molar-refractivity contribution < 1.29 is 9.53 Å². The van der Waals surface area contributed by atoms with Gasteiger partial charge in [0.15, 0.2) is 5.54 Å². The standard InChI is InChI=1S/C21H22ClNO2/c1-3-25-20(24)21(2,15-7-10-17-8-5-4-6-9-17)23-16-18-11-13-19(22)14-12-18/h4-14,16H,3,15H2,1-2H3/b10-7+,23-16?/t21-/m1/s1. The first-order chi connectivity index (χ1) is 12.0. The maximum Gasteiger partial charge on any atom is 0.334 e. The summed E-state index contributed by atoms with van der Waals surface area (Å²) >= 11 is 5.89. The van der Waals surface area contributed by atoms with Crippen LogP contribution in [-0.2, 0) is 9.53 Å². The maximum absolute atomic E-state index is 12.4. The van der Waals surface area contributed by atoms with Crippen LogP contribution in [0.25, 0.3) is 6.08 Å². The molecule has 0 aliphatic carbocycles. The number of hydrogen-bond donors (Lipinski definition) is 0. The second-order valence-corrected chi connectivity index (χ2v) is 6.26. The average molecular weight is 356 g/mol. The summed E-state index contributed by atoms with van der Waals surface area (Å²) < 4.78 is 5.21. The molecule has 0 aliphatic heterocycles. The summed E-state index contributed by atoms with van der Waals surface area (Å²) in [5.74, 6) is -0.335. The molecule has 0 fully saturated rings. The molecule has 4 heteroatoms. The number of hydrogen-bond acceptors (Lipinski definition) is 3. The first-order valence-electron chi connectivity index (χ1n) is 8.23. The van der Waals surface area contributed by atoms with Gasteiger partial charge in [-0.1, -0.05) is 66.2 Å². The van der Waals surface area contributed by atoms with E-state index in [-0.39, 0.29) is 5.97 Å². The third-order valence-electron chi connectivity index (χ3n) is 3.71. The van der Waals surface area contributed by atoms with Crippen LogP contribution >= 0.6 is 11.6 Å². The van der Waals surface area contributed by atoms with Crippen molar-refractivity contribution >= 4 is 29.9 Å². The number of halogens is 1. The molecule has 0 amide bonds. The van der Waals surface area contributed by atoms with E-state index >= 15 is 0 Å². The largest absolute Gasteiger partial charge is 0.464 e. The molecule has 0 unspecified atom stereocenters. The number of carbonyl (C=O) groups is 1. The Morgan fingerprint density at radius 2 is 1.80 bits per heavy atom. The Morgan fingerprint density at radius 1 is 1.12 bits per heavy atom. The third kappa shape index (κ3) is 5.87. The molecular formula is C21H22ClNO2.